The molecular weight excluding hydrogens is 529 g/mol. The predicted molar refractivity (Wildman–Crippen MR) is 165 cm³/mol. The van der Waals surface area contributed by atoms with E-state index < -0.39 is 0 Å². The summed E-state index contributed by atoms with van der Waals surface area (Å²) in [7, 11) is 0. The van der Waals surface area contributed by atoms with Crippen LogP contribution in [-0.4, -0.2) is 9.97 Å². The van der Waals surface area contributed by atoms with Crippen molar-refractivity contribution in [1.82, 2.24) is 9.97 Å². The number of nitrogens with zero attached hydrogens (tertiary/aromatic N) is 4. The van der Waals surface area contributed by atoms with E-state index in [0.29, 0.717) is 0 Å². The molecule has 40 heavy (non-hydrogen) atoms. The molecular formula is C34H22N4S2. The highest BCUT2D eigenvalue weighted by Crippen LogP contribution is 2.55. The number of benzene rings is 4. The summed E-state index contributed by atoms with van der Waals surface area (Å²) in [5.74, 6) is 0. The van der Waals surface area contributed by atoms with Gasteiger partial charge in [-0.3, -0.25) is 9.97 Å². The fourth-order valence-electron chi connectivity index (χ4n) is 5.51. The molecule has 6 aromatic rings. The molecule has 4 nitrogen and oxygen atoms in total. The first kappa shape index (κ1) is 23.4. The van der Waals surface area contributed by atoms with Crippen LogP contribution in [-0.2, 0) is 0 Å². The van der Waals surface area contributed by atoms with Crippen molar-refractivity contribution in [2.24, 2.45) is 0 Å². The second-order valence-corrected chi connectivity index (χ2v) is 11.7. The van der Waals surface area contributed by atoms with Crippen molar-refractivity contribution in [2.75, 3.05) is 9.80 Å². The zero-order valence-electron chi connectivity index (χ0n) is 21.3. The summed E-state index contributed by atoms with van der Waals surface area (Å²) in [5, 5.41) is 0. The van der Waals surface area contributed by atoms with Gasteiger partial charge in [0.2, 0.25) is 0 Å². The molecule has 190 valence electrons. The van der Waals surface area contributed by atoms with E-state index in [1.807, 2.05) is 48.3 Å². The average Bonchev–Trinajstić information content (AvgIpc) is 3.02. The minimum atomic E-state index is 1.03. The van der Waals surface area contributed by atoms with Crippen LogP contribution in [0.5, 0.6) is 0 Å². The number of aromatic nitrogens is 2. The Morgan fingerprint density at radius 2 is 0.700 bits per heavy atom. The monoisotopic (exact) mass is 550 g/mol. The highest BCUT2D eigenvalue weighted by atomic mass is 32.2. The van der Waals surface area contributed by atoms with Gasteiger partial charge in [-0.05, 0) is 60.7 Å². The molecule has 0 unspecified atom stereocenters. The number of hydrogen-bond acceptors (Lipinski definition) is 6. The van der Waals surface area contributed by atoms with E-state index in [0.717, 1.165) is 45.3 Å². The molecule has 8 rings (SSSR count). The van der Waals surface area contributed by atoms with Gasteiger partial charge in [0.15, 0.2) is 0 Å². The van der Waals surface area contributed by atoms with E-state index in [-0.39, 0.29) is 0 Å². The third-order valence-electron chi connectivity index (χ3n) is 7.24. The zero-order chi connectivity index (χ0) is 26.5. The topological polar surface area (TPSA) is 32.3 Å². The summed E-state index contributed by atoms with van der Waals surface area (Å²) in [5.41, 5.74) is 8.87. The van der Waals surface area contributed by atoms with E-state index in [1.54, 1.807) is 0 Å². The van der Waals surface area contributed by atoms with Crippen molar-refractivity contribution in [3.63, 3.8) is 0 Å². The Hall–Kier alpha value is -4.52. The summed E-state index contributed by atoms with van der Waals surface area (Å²) < 4.78 is 0. The summed E-state index contributed by atoms with van der Waals surface area (Å²) >= 11 is 3.62. The molecule has 0 aliphatic carbocycles. The molecule has 0 saturated carbocycles. The molecule has 0 bridgehead atoms. The van der Waals surface area contributed by atoms with Gasteiger partial charge in [0, 0.05) is 43.1 Å². The van der Waals surface area contributed by atoms with E-state index in [1.165, 1.54) is 19.6 Å². The SMILES string of the molecule is c1ccc2c(c1)Sc1ccccc1N2c1cnccc1-c1ccncc1N1c2ccccc2Sc2ccccc21. The van der Waals surface area contributed by atoms with Gasteiger partial charge in [-0.1, -0.05) is 72.1 Å². The minimum absolute atomic E-state index is 1.03. The smallest absolute Gasteiger partial charge is 0.0725 e. The molecule has 0 N–H and O–H groups in total. The van der Waals surface area contributed by atoms with Crippen LogP contribution in [0.15, 0.2) is 154 Å². The summed E-state index contributed by atoms with van der Waals surface area (Å²) in [6, 6.07) is 38.6. The van der Waals surface area contributed by atoms with Crippen LogP contribution < -0.4 is 9.80 Å². The van der Waals surface area contributed by atoms with Gasteiger partial charge >= 0.3 is 0 Å². The van der Waals surface area contributed by atoms with Crippen molar-refractivity contribution >= 4 is 57.6 Å². The third-order valence-corrected chi connectivity index (χ3v) is 9.50. The first-order valence-corrected chi connectivity index (χ1v) is 14.7. The van der Waals surface area contributed by atoms with Crippen LogP contribution in [0.4, 0.5) is 34.1 Å². The van der Waals surface area contributed by atoms with E-state index in [2.05, 4.69) is 129 Å². The zero-order valence-corrected chi connectivity index (χ0v) is 22.9. The Morgan fingerprint density at radius 3 is 1.05 bits per heavy atom. The molecule has 0 fully saturated rings. The Labute approximate surface area is 241 Å². The Kier molecular flexibility index (Phi) is 5.60. The van der Waals surface area contributed by atoms with Crippen LogP contribution in [0.2, 0.25) is 0 Å². The first-order valence-electron chi connectivity index (χ1n) is 13.1. The minimum Gasteiger partial charge on any atom is -0.306 e. The van der Waals surface area contributed by atoms with Crippen molar-refractivity contribution in [2.45, 2.75) is 19.6 Å². The molecule has 6 heteroatoms. The van der Waals surface area contributed by atoms with Crippen LogP contribution in [0, 0.1) is 0 Å². The molecule has 0 saturated heterocycles. The lowest BCUT2D eigenvalue weighted by molar-refractivity contribution is 1.14. The maximum Gasteiger partial charge on any atom is 0.0725 e. The standard InChI is InChI=1S/C34H22N4S2/c1-5-13-31-25(9-1)37(26-10-2-6-14-32(26)39-31)29-21-35-19-17-23(29)24-18-20-36-22-30(24)38-27-11-3-7-15-33(27)40-34-16-8-4-12-28(34)38/h1-22H. The maximum absolute atomic E-state index is 4.62. The molecule has 2 aromatic heterocycles. The predicted octanol–water partition coefficient (Wildman–Crippen LogP) is 10.0. The van der Waals surface area contributed by atoms with Gasteiger partial charge in [-0.2, -0.15) is 0 Å². The number of anilines is 6. The normalized spacial score (nSPS) is 13.2. The molecule has 0 radical (unpaired) electrons. The van der Waals surface area contributed by atoms with Gasteiger partial charge < -0.3 is 9.80 Å². The lowest BCUT2D eigenvalue weighted by Gasteiger charge is -2.36. The quantitative estimate of drug-likeness (QED) is 0.218. The van der Waals surface area contributed by atoms with Crippen molar-refractivity contribution < 1.29 is 0 Å². The van der Waals surface area contributed by atoms with Gasteiger partial charge in [0.25, 0.3) is 0 Å². The fourth-order valence-corrected chi connectivity index (χ4v) is 7.63. The van der Waals surface area contributed by atoms with E-state index >= 15 is 0 Å². The number of fused-ring (bicyclic) bond motifs is 4. The highest BCUT2D eigenvalue weighted by molar-refractivity contribution is 8.00. The molecule has 0 amide bonds. The third kappa shape index (κ3) is 3.72. The molecule has 2 aliphatic rings. The average molecular weight is 551 g/mol. The summed E-state index contributed by atoms with van der Waals surface area (Å²) in [6.45, 7) is 0. The van der Waals surface area contributed by atoms with Gasteiger partial charge in [-0.15, -0.1) is 0 Å². The molecule has 2 aliphatic heterocycles. The van der Waals surface area contributed by atoms with Crippen molar-refractivity contribution in [3.05, 3.63) is 134 Å². The van der Waals surface area contributed by atoms with Crippen LogP contribution in [0.3, 0.4) is 0 Å². The van der Waals surface area contributed by atoms with Crippen LogP contribution >= 0.6 is 23.5 Å². The maximum atomic E-state index is 4.62. The number of para-hydroxylation sites is 4. The molecule has 0 spiro atoms. The molecule has 4 aromatic carbocycles. The largest absolute Gasteiger partial charge is 0.306 e. The Balaban J connectivity index is 1.37. The number of pyridine rings is 2. The second kappa shape index (κ2) is 9.59. The molecule has 4 heterocycles. The number of hydrogen-bond donors (Lipinski definition) is 0. The Bertz CT molecular complexity index is 1670. The Morgan fingerprint density at radius 1 is 0.375 bits per heavy atom. The van der Waals surface area contributed by atoms with Gasteiger partial charge in [-0.25, -0.2) is 0 Å². The van der Waals surface area contributed by atoms with E-state index in [4.69, 9.17) is 0 Å². The van der Waals surface area contributed by atoms with Gasteiger partial charge in [0.05, 0.1) is 46.5 Å². The lowest BCUT2D eigenvalue weighted by atomic mass is 10.0. The van der Waals surface area contributed by atoms with Crippen molar-refractivity contribution in [3.8, 4) is 11.1 Å². The highest BCUT2D eigenvalue weighted by Gasteiger charge is 2.30. The van der Waals surface area contributed by atoms with Crippen molar-refractivity contribution in [1.29, 1.82) is 0 Å². The van der Waals surface area contributed by atoms with Gasteiger partial charge in [0.1, 0.15) is 0 Å². The summed E-state index contributed by atoms with van der Waals surface area (Å²) in [6.07, 6.45) is 7.73. The molecule has 0 atom stereocenters. The number of rotatable bonds is 3. The fraction of sp³-hybridized carbons (Fsp3) is 0. The second-order valence-electron chi connectivity index (χ2n) is 9.53. The van der Waals surface area contributed by atoms with Crippen LogP contribution in [0.25, 0.3) is 11.1 Å². The summed E-state index contributed by atoms with van der Waals surface area (Å²) in [4.78, 5) is 18.8. The van der Waals surface area contributed by atoms with E-state index in [9.17, 15) is 0 Å². The lowest BCUT2D eigenvalue weighted by Crippen LogP contribution is -2.18. The first-order chi connectivity index (χ1) is 19.9. The van der Waals surface area contributed by atoms with Crippen LogP contribution in [0.1, 0.15) is 0 Å².